The van der Waals surface area contributed by atoms with Crippen LogP contribution in [0.15, 0.2) is 29.3 Å². The summed E-state index contributed by atoms with van der Waals surface area (Å²) < 4.78 is 66.8. The van der Waals surface area contributed by atoms with Crippen LogP contribution in [0.1, 0.15) is 0 Å². The van der Waals surface area contributed by atoms with Gasteiger partial charge in [0.25, 0.3) is 0 Å². The molecule has 1 aromatic carbocycles. The van der Waals surface area contributed by atoms with Gasteiger partial charge in [0.1, 0.15) is 0 Å². The Morgan fingerprint density at radius 3 is 2.56 bits per heavy atom. The van der Waals surface area contributed by atoms with Gasteiger partial charge >= 0.3 is 6.36 Å². The van der Waals surface area contributed by atoms with Crippen molar-refractivity contribution in [2.75, 3.05) is 42.2 Å². The molecule has 1 fully saturated rings. The van der Waals surface area contributed by atoms with Crippen molar-refractivity contribution in [1.82, 2.24) is 4.31 Å². The number of nitrogens with one attached hydrogen (secondary N) is 1. The van der Waals surface area contributed by atoms with Crippen LogP contribution >= 0.6 is 35.7 Å². The first-order chi connectivity index (χ1) is 12.2. The number of halogens is 4. The Kier molecular flexibility index (Phi) is 9.44. The maximum atomic E-state index is 12.4. The molecule has 0 aromatic heterocycles. The molecule has 1 heterocycles. The molecule has 27 heavy (non-hydrogen) atoms. The number of anilines is 1. The average Bonchev–Trinajstić information content (AvgIpc) is 2.56. The summed E-state index contributed by atoms with van der Waals surface area (Å²) in [5.74, 6) is 0.620. The standard InChI is InChI=1S/C14H19F3N4O3S2.HI/c15-14(16,17)24-12-4-2-1-3-11(12)20-13(18)19-5-10-26(22,23)21-6-8-25-9-7-21;/h1-4H,5-10H2,(H3,18,19,20);1H. The summed E-state index contributed by atoms with van der Waals surface area (Å²) in [6, 6.07) is 5.34. The predicted molar refractivity (Wildman–Crippen MR) is 111 cm³/mol. The number of para-hydroxylation sites is 2. The van der Waals surface area contributed by atoms with Gasteiger partial charge in [0.15, 0.2) is 11.7 Å². The van der Waals surface area contributed by atoms with Crippen LogP contribution in [0.25, 0.3) is 0 Å². The molecule has 0 spiro atoms. The highest BCUT2D eigenvalue weighted by Crippen LogP contribution is 2.29. The van der Waals surface area contributed by atoms with E-state index in [9.17, 15) is 21.6 Å². The third-order valence-corrected chi connectivity index (χ3v) is 6.16. The SMILES string of the molecule is I.NC(=NCCS(=O)(=O)N1CCSCC1)Nc1ccccc1OC(F)(F)F. The lowest BCUT2D eigenvalue weighted by atomic mass is 10.3. The van der Waals surface area contributed by atoms with Crippen LogP contribution in [0.4, 0.5) is 18.9 Å². The van der Waals surface area contributed by atoms with Crippen LogP contribution in [0, 0.1) is 0 Å². The molecule has 1 aliphatic rings. The summed E-state index contributed by atoms with van der Waals surface area (Å²) in [5.41, 5.74) is 5.61. The third-order valence-electron chi connectivity index (χ3n) is 3.37. The molecule has 0 amide bonds. The topological polar surface area (TPSA) is 97.0 Å². The molecule has 0 bridgehead atoms. The van der Waals surface area contributed by atoms with Gasteiger partial charge in [0.2, 0.25) is 10.0 Å². The molecule has 0 unspecified atom stereocenters. The summed E-state index contributed by atoms with van der Waals surface area (Å²) in [4.78, 5) is 3.87. The molecule has 13 heteroatoms. The number of hydrogen-bond acceptors (Lipinski definition) is 5. The number of nitrogens with zero attached hydrogens (tertiary/aromatic N) is 2. The van der Waals surface area contributed by atoms with Gasteiger partial charge in [-0.15, -0.1) is 37.1 Å². The zero-order valence-corrected chi connectivity index (χ0v) is 18.1. The molecule has 1 saturated heterocycles. The Bertz CT molecular complexity index is 741. The van der Waals surface area contributed by atoms with E-state index in [1.165, 1.54) is 22.5 Å². The zero-order chi connectivity index (χ0) is 19.2. The number of aliphatic imine (C=N–C) groups is 1. The van der Waals surface area contributed by atoms with Crippen molar-refractivity contribution in [3.63, 3.8) is 0 Å². The largest absolute Gasteiger partial charge is 0.573 e. The van der Waals surface area contributed by atoms with E-state index in [0.717, 1.165) is 17.6 Å². The Morgan fingerprint density at radius 1 is 1.30 bits per heavy atom. The van der Waals surface area contributed by atoms with Crippen molar-refractivity contribution in [3.8, 4) is 5.75 Å². The van der Waals surface area contributed by atoms with E-state index in [2.05, 4.69) is 15.0 Å². The van der Waals surface area contributed by atoms with Gasteiger partial charge in [0, 0.05) is 24.6 Å². The van der Waals surface area contributed by atoms with Crippen molar-refractivity contribution in [2.24, 2.45) is 10.7 Å². The molecular weight excluding hydrogens is 520 g/mol. The van der Waals surface area contributed by atoms with Gasteiger partial charge in [-0.05, 0) is 12.1 Å². The van der Waals surface area contributed by atoms with Crippen LogP contribution < -0.4 is 15.8 Å². The second-order valence-electron chi connectivity index (χ2n) is 5.26. The fraction of sp³-hybridized carbons (Fsp3) is 0.500. The van der Waals surface area contributed by atoms with Gasteiger partial charge < -0.3 is 15.8 Å². The quantitative estimate of drug-likeness (QED) is 0.327. The van der Waals surface area contributed by atoms with Crippen LogP contribution in [0.2, 0.25) is 0 Å². The van der Waals surface area contributed by atoms with E-state index in [-0.39, 0.29) is 47.9 Å². The second kappa shape index (κ2) is 10.6. The van der Waals surface area contributed by atoms with E-state index >= 15 is 0 Å². The van der Waals surface area contributed by atoms with Gasteiger partial charge in [-0.25, -0.2) is 12.7 Å². The summed E-state index contributed by atoms with van der Waals surface area (Å²) >= 11 is 1.69. The Labute approximate surface area is 177 Å². The van der Waals surface area contributed by atoms with Crippen LogP contribution in [0.3, 0.4) is 0 Å². The summed E-state index contributed by atoms with van der Waals surface area (Å²) in [6.07, 6.45) is -4.84. The molecule has 0 saturated carbocycles. The lowest BCUT2D eigenvalue weighted by Crippen LogP contribution is -2.40. The fourth-order valence-corrected chi connectivity index (χ4v) is 4.65. The number of alkyl halides is 3. The second-order valence-corrected chi connectivity index (χ2v) is 8.58. The Balaban J connectivity index is 0.00000364. The number of rotatable bonds is 6. The summed E-state index contributed by atoms with van der Waals surface area (Å²) in [6.45, 7) is 0.826. The number of sulfonamides is 1. The molecule has 3 N–H and O–H groups in total. The van der Waals surface area contributed by atoms with Crippen molar-refractivity contribution in [2.45, 2.75) is 6.36 Å². The van der Waals surface area contributed by atoms with Crippen molar-refractivity contribution < 1.29 is 26.3 Å². The summed E-state index contributed by atoms with van der Waals surface area (Å²) in [5, 5.41) is 2.49. The maximum Gasteiger partial charge on any atom is 0.573 e. The van der Waals surface area contributed by atoms with Gasteiger partial charge in [0.05, 0.1) is 18.0 Å². The number of benzene rings is 1. The monoisotopic (exact) mass is 540 g/mol. The first-order valence-electron chi connectivity index (χ1n) is 7.65. The number of ether oxygens (including phenoxy) is 1. The Morgan fingerprint density at radius 2 is 1.93 bits per heavy atom. The number of thioether (sulfide) groups is 1. The van der Waals surface area contributed by atoms with Gasteiger partial charge in [-0.3, -0.25) is 4.99 Å². The number of hydrogen-bond donors (Lipinski definition) is 2. The molecule has 0 aliphatic carbocycles. The van der Waals surface area contributed by atoms with E-state index in [0.29, 0.717) is 13.1 Å². The molecule has 154 valence electrons. The van der Waals surface area contributed by atoms with E-state index in [4.69, 9.17) is 5.73 Å². The highest BCUT2D eigenvalue weighted by atomic mass is 127. The molecule has 7 nitrogen and oxygen atoms in total. The normalized spacial score (nSPS) is 16.5. The van der Waals surface area contributed by atoms with E-state index in [1.807, 2.05) is 0 Å². The lowest BCUT2D eigenvalue weighted by molar-refractivity contribution is -0.274. The smallest absolute Gasteiger partial charge is 0.404 e. The molecule has 2 rings (SSSR count). The van der Waals surface area contributed by atoms with Crippen LogP contribution in [0.5, 0.6) is 5.75 Å². The first kappa shape index (κ1) is 24.1. The molecule has 0 radical (unpaired) electrons. The molecular formula is C14H20F3IN4O3S2. The summed E-state index contributed by atoms with van der Waals surface area (Å²) in [7, 11) is -3.43. The Hall–Kier alpha value is -0.930. The van der Waals surface area contributed by atoms with E-state index in [1.54, 1.807) is 11.8 Å². The minimum absolute atomic E-state index is 0. The lowest BCUT2D eigenvalue weighted by Gasteiger charge is -2.25. The first-order valence-corrected chi connectivity index (χ1v) is 10.4. The predicted octanol–water partition coefficient (Wildman–Crippen LogP) is 2.31. The van der Waals surface area contributed by atoms with Gasteiger partial charge in [-0.1, -0.05) is 12.1 Å². The van der Waals surface area contributed by atoms with Crippen molar-refractivity contribution in [3.05, 3.63) is 24.3 Å². The van der Waals surface area contributed by atoms with Gasteiger partial charge in [-0.2, -0.15) is 11.8 Å². The fourth-order valence-electron chi connectivity index (χ4n) is 2.20. The van der Waals surface area contributed by atoms with Crippen molar-refractivity contribution >= 4 is 57.4 Å². The third kappa shape index (κ3) is 8.31. The highest BCUT2D eigenvalue weighted by Gasteiger charge is 2.32. The maximum absolute atomic E-state index is 12.4. The molecule has 1 aliphatic heterocycles. The molecule has 0 atom stereocenters. The zero-order valence-electron chi connectivity index (χ0n) is 14.1. The van der Waals surface area contributed by atoms with Crippen LogP contribution in [-0.2, 0) is 10.0 Å². The van der Waals surface area contributed by atoms with Crippen molar-refractivity contribution in [1.29, 1.82) is 0 Å². The number of nitrogens with two attached hydrogens (primary N) is 1. The van der Waals surface area contributed by atoms with Crippen LogP contribution in [-0.4, -0.2) is 61.9 Å². The minimum atomic E-state index is -4.84. The highest BCUT2D eigenvalue weighted by molar-refractivity contribution is 14.0. The molecule has 1 aromatic rings. The average molecular weight is 540 g/mol. The minimum Gasteiger partial charge on any atom is -0.404 e. The van der Waals surface area contributed by atoms with E-state index < -0.39 is 22.1 Å². The number of guanidine groups is 1.